The summed E-state index contributed by atoms with van der Waals surface area (Å²) < 4.78 is 18.6. The Kier molecular flexibility index (Phi) is 4.17. The third-order valence-electron chi connectivity index (χ3n) is 2.24. The Bertz CT molecular complexity index is 380. The molecule has 4 heteroatoms. The van der Waals surface area contributed by atoms with E-state index < -0.39 is 0 Å². The van der Waals surface area contributed by atoms with Gasteiger partial charge in [0.1, 0.15) is 11.6 Å². The summed E-state index contributed by atoms with van der Waals surface area (Å²) in [5.74, 6) is 0.0870. The molecule has 0 bridgehead atoms. The third kappa shape index (κ3) is 2.89. The molecule has 16 heavy (non-hydrogen) atoms. The van der Waals surface area contributed by atoms with Crippen LogP contribution in [0.5, 0.6) is 5.75 Å². The SMILES string of the molecule is C=CCC(C)Nc1cc(OC)c(N)cc1F. The van der Waals surface area contributed by atoms with E-state index in [1.54, 1.807) is 12.1 Å². The minimum absolute atomic E-state index is 0.111. The molecule has 0 saturated heterocycles. The number of benzene rings is 1. The van der Waals surface area contributed by atoms with Gasteiger partial charge in [-0.05, 0) is 13.3 Å². The van der Waals surface area contributed by atoms with E-state index in [-0.39, 0.29) is 11.9 Å². The summed E-state index contributed by atoms with van der Waals surface area (Å²) in [6.07, 6.45) is 2.54. The van der Waals surface area contributed by atoms with E-state index in [1.807, 2.05) is 6.92 Å². The molecule has 0 fully saturated rings. The van der Waals surface area contributed by atoms with Gasteiger partial charge in [0, 0.05) is 18.2 Å². The molecule has 0 aromatic heterocycles. The summed E-state index contributed by atoms with van der Waals surface area (Å²) in [4.78, 5) is 0. The molecule has 0 aliphatic carbocycles. The second-order valence-electron chi connectivity index (χ2n) is 3.64. The second-order valence-corrected chi connectivity index (χ2v) is 3.64. The zero-order valence-electron chi connectivity index (χ0n) is 9.59. The molecule has 1 atom stereocenters. The average molecular weight is 224 g/mol. The van der Waals surface area contributed by atoms with Gasteiger partial charge in [-0.2, -0.15) is 0 Å². The van der Waals surface area contributed by atoms with Crippen molar-refractivity contribution >= 4 is 11.4 Å². The standard InChI is InChI=1S/C12H17FN2O/c1-4-5-8(2)15-11-7-12(16-3)10(14)6-9(11)13/h4,6-8,15H,1,5,14H2,2-3H3. The fourth-order valence-corrected chi connectivity index (χ4v) is 1.43. The minimum atomic E-state index is -0.380. The molecule has 0 amide bonds. The molecule has 0 aliphatic rings. The van der Waals surface area contributed by atoms with Crippen molar-refractivity contribution in [3.8, 4) is 5.75 Å². The number of nitrogens with one attached hydrogen (secondary N) is 1. The van der Waals surface area contributed by atoms with E-state index in [0.717, 1.165) is 6.42 Å². The van der Waals surface area contributed by atoms with Gasteiger partial charge in [-0.3, -0.25) is 0 Å². The predicted molar refractivity (Wildman–Crippen MR) is 65.3 cm³/mol. The monoisotopic (exact) mass is 224 g/mol. The number of ether oxygens (including phenoxy) is 1. The molecule has 1 aromatic rings. The van der Waals surface area contributed by atoms with E-state index in [1.165, 1.54) is 13.2 Å². The van der Waals surface area contributed by atoms with Gasteiger partial charge >= 0.3 is 0 Å². The van der Waals surface area contributed by atoms with Crippen LogP contribution in [-0.2, 0) is 0 Å². The van der Waals surface area contributed by atoms with Gasteiger partial charge in [0.25, 0.3) is 0 Å². The zero-order valence-corrected chi connectivity index (χ0v) is 9.59. The number of anilines is 2. The molecule has 0 spiro atoms. The second kappa shape index (κ2) is 5.39. The fourth-order valence-electron chi connectivity index (χ4n) is 1.43. The van der Waals surface area contributed by atoms with Gasteiger partial charge in [0.05, 0.1) is 18.5 Å². The van der Waals surface area contributed by atoms with Crippen LogP contribution in [0, 0.1) is 5.82 Å². The molecular weight excluding hydrogens is 207 g/mol. The first-order valence-corrected chi connectivity index (χ1v) is 5.09. The third-order valence-corrected chi connectivity index (χ3v) is 2.24. The molecule has 1 unspecified atom stereocenters. The molecule has 3 nitrogen and oxygen atoms in total. The molecule has 0 saturated carbocycles. The quantitative estimate of drug-likeness (QED) is 0.597. The summed E-state index contributed by atoms with van der Waals surface area (Å²) in [6, 6.07) is 2.92. The molecule has 88 valence electrons. The lowest BCUT2D eigenvalue weighted by Crippen LogP contribution is -2.15. The van der Waals surface area contributed by atoms with Crippen molar-refractivity contribution in [2.45, 2.75) is 19.4 Å². The normalized spacial score (nSPS) is 11.9. The van der Waals surface area contributed by atoms with Crippen molar-refractivity contribution in [1.29, 1.82) is 0 Å². The fraction of sp³-hybridized carbons (Fsp3) is 0.333. The van der Waals surface area contributed by atoms with Gasteiger partial charge in [-0.25, -0.2) is 4.39 Å². The summed E-state index contributed by atoms with van der Waals surface area (Å²) in [6.45, 7) is 5.58. The van der Waals surface area contributed by atoms with Crippen LogP contribution in [-0.4, -0.2) is 13.2 Å². The van der Waals surface area contributed by atoms with Crippen molar-refractivity contribution in [3.05, 3.63) is 30.6 Å². The van der Waals surface area contributed by atoms with Crippen LogP contribution in [0.2, 0.25) is 0 Å². The van der Waals surface area contributed by atoms with Crippen LogP contribution < -0.4 is 15.8 Å². The van der Waals surface area contributed by atoms with Crippen molar-refractivity contribution in [2.75, 3.05) is 18.2 Å². The number of methoxy groups -OCH3 is 1. The maximum Gasteiger partial charge on any atom is 0.148 e. The summed E-state index contributed by atoms with van der Waals surface area (Å²) >= 11 is 0. The smallest absolute Gasteiger partial charge is 0.148 e. The Morgan fingerprint density at radius 1 is 1.62 bits per heavy atom. The van der Waals surface area contributed by atoms with E-state index >= 15 is 0 Å². The van der Waals surface area contributed by atoms with Crippen molar-refractivity contribution in [1.82, 2.24) is 0 Å². The van der Waals surface area contributed by atoms with Crippen molar-refractivity contribution in [3.63, 3.8) is 0 Å². The number of rotatable bonds is 5. The first-order chi connectivity index (χ1) is 7.58. The summed E-state index contributed by atoms with van der Waals surface area (Å²) in [5, 5.41) is 3.03. The first kappa shape index (κ1) is 12.4. The molecule has 1 rings (SSSR count). The van der Waals surface area contributed by atoms with E-state index in [4.69, 9.17) is 10.5 Å². The first-order valence-electron chi connectivity index (χ1n) is 5.09. The Hall–Kier alpha value is -1.71. The number of halogens is 1. The molecule has 0 aliphatic heterocycles. The lowest BCUT2D eigenvalue weighted by atomic mass is 10.2. The maximum atomic E-state index is 13.5. The molecule has 0 radical (unpaired) electrons. The highest BCUT2D eigenvalue weighted by Crippen LogP contribution is 2.28. The van der Waals surface area contributed by atoms with Gasteiger partial charge < -0.3 is 15.8 Å². The van der Waals surface area contributed by atoms with E-state index in [9.17, 15) is 4.39 Å². The lowest BCUT2D eigenvalue weighted by molar-refractivity contribution is 0.416. The molecule has 1 aromatic carbocycles. The molecule has 3 N–H and O–H groups in total. The van der Waals surface area contributed by atoms with Crippen molar-refractivity contribution < 1.29 is 9.13 Å². The molecule has 0 heterocycles. The van der Waals surface area contributed by atoms with Crippen LogP contribution in [0.3, 0.4) is 0 Å². The van der Waals surface area contributed by atoms with Gasteiger partial charge in [0.2, 0.25) is 0 Å². The Labute approximate surface area is 95.1 Å². The average Bonchev–Trinajstić information content (AvgIpc) is 2.22. The predicted octanol–water partition coefficient (Wildman–Crippen LogP) is 2.79. The van der Waals surface area contributed by atoms with Crippen LogP contribution in [0.15, 0.2) is 24.8 Å². The van der Waals surface area contributed by atoms with Crippen LogP contribution in [0.1, 0.15) is 13.3 Å². The van der Waals surface area contributed by atoms with Gasteiger partial charge in [-0.15, -0.1) is 6.58 Å². The maximum absolute atomic E-state index is 13.5. The topological polar surface area (TPSA) is 47.3 Å². The largest absolute Gasteiger partial charge is 0.495 e. The van der Waals surface area contributed by atoms with Crippen LogP contribution in [0.25, 0.3) is 0 Å². The van der Waals surface area contributed by atoms with E-state index in [2.05, 4.69) is 11.9 Å². The minimum Gasteiger partial charge on any atom is -0.495 e. The zero-order chi connectivity index (χ0) is 12.1. The summed E-state index contributed by atoms with van der Waals surface area (Å²) in [7, 11) is 1.50. The van der Waals surface area contributed by atoms with Crippen LogP contribution >= 0.6 is 0 Å². The van der Waals surface area contributed by atoms with Crippen molar-refractivity contribution in [2.24, 2.45) is 0 Å². The Balaban J connectivity index is 2.91. The van der Waals surface area contributed by atoms with Gasteiger partial charge in [-0.1, -0.05) is 6.08 Å². The van der Waals surface area contributed by atoms with Crippen LogP contribution in [0.4, 0.5) is 15.8 Å². The number of nitrogens with two attached hydrogens (primary N) is 1. The number of hydrogen-bond acceptors (Lipinski definition) is 3. The number of hydrogen-bond donors (Lipinski definition) is 2. The number of nitrogen functional groups attached to an aromatic ring is 1. The highest BCUT2D eigenvalue weighted by atomic mass is 19.1. The highest BCUT2D eigenvalue weighted by Gasteiger charge is 2.09. The lowest BCUT2D eigenvalue weighted by Gasteiger charge is -2.15. The van der Waals surface area contributed by atoms with Gasteiger partial charge in [0.15, 0.2) is 0 Å². The summed E-state index contributed by atoms with van der Waals surface area (Å²) in [5.41, 5.74) is 6.26. The molecular formula is C12H17FN2O. The highest BCUT2D eigenvalue weighted by molar-refractivity contribution is 5.62. The Morgan fingerprint density at radius 2 is 2.31 bits per heavy atom. The Morgan fingerprint density at radius 3 is 2.88 bits per heavy atom. The van der Waals surface area contributed by atoms with E-state index in [0.29, 0.717) is 17.1 Å².